The summed E-state index contributed by atoms with van der Waals surface area (Å²) in [6.07, 6.45) is -1.55. The molecule has 3 heterocycles. The van der Waals surface area contributed by atoms with Crippen LogP contribution in [-0.4, -0.2) is 47.9 Å². The van der Waals surface area contributed by atoms with E-state index in [0.717, 1.165) is 33.5 Å². The van der Waals surface area contributed by atoms with Gasteiger partial charge >= 0.3 is 12.1 Å². The van der Waals surface area contributed by atoms with E-state index >= 15 is 0 Å². The molecule has 37 heavy (non-hydrogen) atoms. The number of aryl methyl sites for hydroxylation is 2. The highest BCUT2D eigenvalue weighted by Crippen LogP contribution is 2.25. The minimum atomic E-state index is -5.08. The number of carboxylic acids is 1. The average molecular weight is 518 g/mol. The van der Waals surface area contributed by atoms with E-state index in [4.69, 9.17) is 14.4 Å². The zero-order valence-electron chi connectivity index (χ0n) is 20.7. The first kappa shape index (κ1) is 27.3. The van der Waals surface area contributed by atoms with Crippen molar-refractivity contribution in [2.45, 2.75) is 52.8 Å². The van der Waals surface area contributed by atoms with Crippen molar-refractivity contribution < 1.29 is 32.4 Å². The fourth-order valence-corrected chi connectivity index (χ4v) is 3.20. The second kappa shape index (κ2) is 10.4. The van der Waals surface area contributed by atoms with E-state index in [1.165, 1.54) is 0 Å². The van der Waals surface area contributed by atoms with Crippen molar-refractivity contribution in [3.05, 3.63) is 65.2 Å². The predicted octanol–water partition coefficient (Wildman–Crippen LogP) is 4.26. The summed E-state index contributed by atoms with van der Waals surface area (Å²) >= 11 is 0. The van der Waals surface area contributed by atoms with Gasteiger partial charge in [-0.1, -0.05) is 38.1 Å². The number of amides is 1. The second-order valence-electron chi connectivity index (χ2n) is 9.26. The van der Waals surface area contributed by atoms with E-state index in [1.807, 2.05) is 57.5 Å². The SMILES string of the molecule is Cc1cc2c(-c3ccc(CNC(=O)c4noc(C(C)(C)C)n4)c(C)c3)ncnn2c1.O=C(O)C(F)(F)F. The summed E-state index contributed by atoms with van der Waals surface area (Å²) in [4.78, 5) is 29.9. The smallest absolute Gasteiger partial charge is 0.475 e. The Hall–Kier alpha value is -4.29. The third-order valence-corrected chi connectivity index (χ3v) is 5.11. The molecule has 0 fully saturated rings. The lowest BCUT2D eigenvalue weighted by Crippen LogP contribution is -2.24. The number of nitrogens with zero attached hydrogens (tertiary/aromatic N) is 5. The molecule has 13 heteroatoms. The highest BCUT2D eigenvalue weighted by Gasteiger charge is 2.38. The van der Waals surface area contributed by atoms with Crippen LogP contribution in [0.15, 0.2) is 41.3 Å². The minimum Gasteiger partial charge on any atom is -0.475 e. The summed E-state index contributed by atoms with van der Waals surface area (Å²) in [6, 6.07) is 8.13. The Morgan fingerprint density at radius 3 is 2.38 bits per heavy atom. The third-order valence-electron chi connectivity index (χ3n) is 5.11. The van der Waals surface area contributed by atoms with Crippen LogP contribution in [0.5, 0.6) is 0 Å². The molecule has 0 bridgehead atoms. The number of aliphatic carboxylic acids is 1. The van der Waals surface area contributed by atoms with Crippen molar-refractivity contribution in [2.24, 2.45) is 0 Å². The number of hydrogen-bond donors (Lipinski definition) is 2. The Labute approximate surface area is 209 Å². The first-order valence-corrected chi connectivity index (χ1v) is 11.0. The van der Waals surface area contributed by atoms with Crippen molar-refractivity contribution in [1.82, 2.24) is 30.1 Å². The van der Waals surface area contributed by atoms with Crippen molar-refractivity contribution in [3.63, 3.8) is 0 Å². The van der Waals surface area contributed by atoms with Crippen LogP contribution in [-0.2, 0) is 16.8 Å². The highest BCUT2D eigenvalue weighted by molar-refractivity contribution is 5.90. The van der Waals surface area contributed by atoms with Gasteiger partial charge in [0, 0.05) is 23.7 Å². The lowest BCUT2D eigenvalue weighted by Gasteiger charge is -2.10. The van der Waals surface area contributed by atoms with Crippen LogP contribution in [0.2, 0.25) is 0 Å². The maximum atomic E-state index is 12.4. The van der Waals surface area contributed by atoms with Gasteiger partial charge in [0.15, 0.2) is 0 Å². The van der Waals surface area contributed by atoms with Crippen molar-refractivity contribution in [1.29, 1.82) is 0 Å². The summed E-state index contributed by atoms with van der Waals surface area (Å²) in [5.74, 6) is -2.64. The molecular weight excluding hydrogens is 493 g/mol. The Kier molecular flexibility index (Phi) is 7.65. The van der Waals surface area contributed by atoms with Crippen LogP contribution < -0.4 is 5.32 Å². The normalized spacial score (nSPS) is 11.7. The van der Waals surface area contributed by atoms with E-state index in [9.17, 15) is 18.0 Å². The summed E-state index contributed by atoms with van der Waals surface area (Å²) in [6.45, 7) is 10.3. The number of halogens is 3. The molecule has 0 atom stereocenters. The van der Waals surface area contributed by atoms with Gasteiger partial charge < -0.3 is 14.9 Å². The number of benzene rings is 1. The van der Waals surface area contributed by atoms with Gasteiger partial charge in [-0.2, -0.15) is 23.3 Å². The van der Waals surface area contributed by atoms with E-state index < -0.39 is 12.1 Å². The van der Waals surface area contributed by atoms with E-state index in [-0.39, 0.29) is 17.1 Å². The van der Waals surface area contributed by atoms with Gasteiger partial charge in [-0.25, -0.2) is 14.3 Å². The number of rotatable bonds is 4. The molecule has 2 N–H and O–H groups in total. The summed E-state index contributed by atoms with van der Waals surface area (Å²) in [7, 11) is 0. The van der Waals surface area contributed by atoms with E-state index in [2.05, 4.69) is 37.7 Å². The number of aromatic nitrogens is 5. The van der Waals surface area contributed by atoms with Crippen LogP contribution in [0.1, 0.15) is 54.0 Å². The zero-order chi connectivity index (χ0) is 27.5. The molecule has 10 nitrogen and oxygen atoms in total. The van der Waals surface area contributed by atoms with Gasteiger partial charge in [0.2, 0.25) is 5.89 Å². The molecule has 0 spiro atoms. The molecule has 1 amide bonds. The van der Waals surface area contributed by atoms with Crippen molar-refractivity contribution in [2.75, 3.05) is 0 Å². The number of hydrogen-bond acceptors (Lipinski definition) is 7. The maximum absolute atomic E-state index is 12.4. The summed E-state index contributed by atoms with van der Waals surface area (Å²) < 4.78 is 38.8. The fraction of sp³-hybridized carbons (Fsp3) is 0.333. The molecule has 3 aromatic heterocycles. The molecular formula is C24H25F3N6O4. The van der Waals surface area contributed by atoms with Crippen LogP contribution in [0, 0.1) is 13.8 Å². The number of carboxylic acid groups (broad SMARTS) is 1. The highest BCUT2D eigenvalue weighted by atomic mass is 19.4. The molecule has 0 aliphatic carbocycles. The summed E-state index contributed by atoms with van der Waals surface area (Å²) in [5, 5.41) is 18.0. The monoisotopic (exact) mass is 518 g/mol. The first-order valence-electron chi connectivity index (χ1n) is 11.0. The van der Waals surface area contributed by atoms with E-state index in [0.29, 0.717) is 12.4 Å². The predicted molar refractivity (Wildman–Crippen MR) is 126 cm³/mol. The Morgan fingerprint density at radius 2 is 1.81 bits per heavy atom. The Balaban J connectivity index is 0.000000479. The largest absolute Gasteiger partial charge is 0.490 e. The van der Waals surface area contributed by atoms with Gasteiger partial charge in [0.1, 0.15) is 6.33 Å². The molecule has 0 aliphatic heterocycles. The van der Waals surface area contributed by atoms with Crippen molar-refractivity contribution >= 4 is 17.4 Å². The molecule has 4 aromatic rings. The van der Waals surface area contributed by atoms with Crippen LogP contribution in [0.25, 0.3) is 16.8 Å². The molecule has 1 aromatic carbocycles. The van der Waals surface area contributed by atoms with Gasteiger partial charge in [-0.3, -0.25) is 4.79 Å². The number of nitrogens with one attached hydrogen (secondary N) is 1. The number of carbonyl (C=O) groups is 2. The molecule has 196 valence electrons. The van der Waals surface area contributed by atoms with Crippen LogP contribution in [0.4, 0.5) is 13.2 Å². The first-order chi connectivity index (χ1) is 17.2. The lowest BCUT2D eigenvalue weighted by atomic mass is 9.97. The topological polar surface area (TPSA) is 136 Å². The van der Waals surface area contributed by atoms with Gasteiger partial charge in [0.05, 0.1) is 11.2 Å². The lowest BCUT2D eigenvalue weighted by molar-refractivity contribution is -0.192. The van der Waals surface area contributed by atoms with Crippen molar-refractivity contribution in [3.8, 4) is 11.3 Å². The number of alkyl halides is 3. The minimum absolute atomic E-state index is 0.0428. The van der Waals surface area contributed by atoms with Gasteiger partial charge in [0.25, 0.3) is 11.7 Å². The Morgan fingerprint density at radius 1 is 1.14 bits per heavy atom. The summed E-state index contributed by atoms with van der Waals surface area (Å²) in [5.41, 5.74) is 5.72. The second-order valence-corrected chi connectivity index (χ2v) is 9.26. The quantitative estimate of drug-likeness (QED) is 0.409. The number of fused-ring (bicyclic) bond motifs is 1. The molecule has 0 aliphatic rings. The maximum Gasteiger partial charge on any atom is 0.490 e. The van der Waals surface area contributed by atoms with E-state index in [1.54, 1.807) is 6.33 Å². The fourth-order valence-electron chi connectivity index (χ4n) is 3.20. The Bertz CT molecular complexity index is 1440. The van der Waals surface area contributed by atoms with Crippen LogP contribution >= 0.6 is 0 Å². The zero-order valence-corrected chi connectivity index (χ0v) is 20.7. The van der Waals surface area contributed by atoms with Gasteiger partial charge in [-0.05, 0) is 42.7 Å². The molecule has 0 unspecified atom stereocenters. The standard InChI is InChI=1S/C22H24N6O2.C2HF3O2/c1-13-8-17-18(24-12-25-28(17)11-13)15-6-7-16(14(2)9-15)10-23-20(29)19-26-21(30-27-19)22(3,4)5;3-2(4,5)1(6)7/h6-9,11-12H,10H2,1-5H3,(H,23,29);(H,6,7). The van der Waals surface area contributed by atoms with Crippen LogP contribution in [0.3, 0.4) is 0 Å². The van der Waals surface area contributed by atoms with Gasteiger partial charge in [-0.15, -0.1) is 0 Å². The molecule has 0 saturated heterocycles. The molecule has 0 radical (unpaired) electrons. The molecule has 4 rings (SSSR count). The number of carbonyl (C=O) groups excluding carboxylic acids is 1. The average Bonchev–Trinajstić information content (AvgIpc) is 3.44. The third kappa shape index (κ3) is 6.68. The molecule has 0 saturated carbocycles.